The van der Waals surface area contributed by atoms with E-state index in [1.54, 1.807) is 0 Å². The Morgan fingerprint density at radius 2 is 1.17 bits per heavy atom. The van der Waals surface area contributed by atoms with Gasteiger partial charge in [0.2, 0.25) is 11.8 Å². The summed E-state index contributed by atoms with van der Waals surface area (Å²) in [5, 5.41) is 4.47. The number of barbiturate groups is 1. The Bertz CT molecular complexity index is 374. The third-order valence-corrected chi connectivity index (χ3v) is 5.05. The van der Waals surface area contributed by atoms with Gasteiger partial charge >= 0.3 is 6.03 Å². The molecule has 0 aromatic carbocycles. The molecule has 2 N–H and O–H groups in total. The molecule has 2 rings (SSSR count). The number of carbonyl (C=O) groups excluding carboxylic acids is 3. The second-order valence-corrected chi connectivity index (χ2v) is 5.40. The van der Waals surface area contributed by atoms with E-state index in [0.29, 0.717) is 0 Å². The molecule has 18 heavy (non-hydrogen) atoms. The number of hydrogen-bond acceptors (Lipinski definition) is 3. The van der Waals surface area contributed by atoms with Gasteiger partial charge in [-0.3, -0.25) is 20.2 Å². The van der Waals surface area contributed by atoms with E-state index < -0.39 is 23.3 Å². The minimum Gasteiger partial charge on any atom is -0.277 e. The van der Waals surface area contributed by atoms with Crippen molar-refractivity contribution in [1.29, 1.82) is 0 Å². The summed E-state index contributed by atoms with van der Waals surface area (Å²) in [6, 6.07) is -0.711. The molecule has 2 fully saturated rings. The van der Waals surface area contributed by atoms with Gasteiger partial charge in [0.1, 0.15) is 5.41 Å². The van der Waals surface area contributed by atoms with Crippen molar-refractivity contribution in [3.05, 3.63) is 0 Å². The van der Waals surface area contributed by atoms with Crippen molar-refractivity contribution in [3.8, 4) is 0 Å². The molecule has 1 saturated carbocycles. The molecule has 4 unspecified atom stereocenters. The van der Waals surface area contributed by atoms with Crippen LogP contribution in [0.15, 0.2) is 0 Å². The first kappa shape index (κ1) is 15.7. The quantitative estimate of drug-likeness (QED) is 0.493. The molecule has 0 aromatic heterocycles. The van der Waals surface area contributed by atoms with E-state index in [-0.39, 0.29) is 53.2 Å². The number of rotatable bonds is 0. The fraction of sp³-hybridized carbons (Fsp3) is 0.750. The molecular weight excluding hydrogens is 243 g/mol. The maximum atomic E-state index is 12.2. The number of amides is 4. The Labute approximate surface area is 129 Å². The van der Waals surface area contributed by atoms with Crippen LogP contribution in [-0.4, -0.2) is 47.4 Å². The molecule has 1 aliphatic heterocycles. The van der Waals surface area contributed by atoms with Gasteiger partial charge in [0.25, 0.3) is 0 Å². The van der Waals surface area contributed by atoms with Crippen molar-refractivity contribution in [3.63, 3.8) is 0 Å². The predicted octanol–water partition coefficient (Wildman–Crippen LogP) is 0.516. The Balaban J connectivity index is 0.00000162. The molecule has 5 nitrogen and oxygen atoms in total. The van der Waals surface area contributed by atoms with E-state index in [0.717, 1.165) is 0 Å². The van der Waals surface area contributed by atoms with Crippen molar-refractivity contribution in [2.45, 2.75) is 27.7 Å². The van der Waals surface area contributed by atoms with Crippen molar-refractivity contribution in [1.82, 2.24) is 10.6 Å². The molecule has 4 amide bonds. The number of urea groups is 1. The number of carbonyl (C=O) groups is 3. The van der Waals surface area contributed by atoms with Gasteiger partial charge in [0, 0.05) is 29.6 Å². The van der Waals surface area contributed by atoms with Crippen LogP contribution in [0.5, 0.6) is 0 Å². The zero-order valence-corrected chi connectivity index (χ0v) is 13.5. The van der Waals surface area contributed by atoms with E-state index in [4.69, 9.17) is 0 Å². The largest absolute Gasteiger partial charge is 0.328 e. The van der Waals surface area contributed by atoms with Gasteiger partial charge < -0.3 is 0 Å². The second kappa shape index (κ2) is 4.94. The van der Waals surface area contributed by atoms with Crippen LogP contribution in [0, 0.1) is 29.1 Å². The van der Waals surface area contributed by atoms with Crippen LogP contribution >= 0.6 is 0 Å². The summed E-state index contributed by atoms with van der Waals surface area (Å²) in [6.45, 7) is 7.94. The fourth-order valence-electron chi connectivity index (χ4n) is 3.53. The van der Waals surface area contributed by atoms with Crippen molar-refractivity contribution in [2.75, 3.05) is 0 Å². The summed E-state index contributed by atoms with van der Waals surface area (Å²) in [5.41, 5.74) is -1.09. The van der Waals surface area contributed by atoms with E-state index in [9.17, 15) is 14.4 Å². The number of nitrogens with one attached hydrogen (secondary N) is 2. The molecule has 0 bridgehead atoms. The minimum absolute atomic E-state index is 0. The molecule has 1 aliphatic carbocycles. The normalized spacial score (nSPS) is 38.1. The summed E-state index contributed by atoms with van der Waals surface area (Å²) in [6.07, 6.45) is 0. The van der Waals surface area contributed by atoms with Gasteiger partial charge in [0.15, 0.2) is 0 Å². The molecule has 0 aromatic rings. The van der Waals surface area contributed by atoms with Crippen LogP contribution in [0.3, 0.4) is 0 Å². The van der Waals surface area contributed by atoms with Gasteiger partial charge in [-0.25, -0.2) is 4.79 Å². The van der Waals surface area contributed by atoms with Gasteiger partial charge in [-0.15, -0.1) is 0 Å². The average Bonchev–Trinajstić information content (AvgIpc) is 2.40. The van der Waals surface area contributed by atoms with E-state index in [1.165, 1.54) is 0 Å². The smallest absolute Gasteiger partial charge is 0.277 e. The summed E-state index contributed by atoms with van der Waals surface area (Å²) in [5.74, 6) is -0.476. The molecule has 2 aliphatic rings. The van der Waals surface area contributed by atoms with Crippen LogP contribution in [0.1, 0.15) is 27.7 Å². The van der Waals surface area contributed by atoms with Gasteiger partial charge in [0.05, 0.1) is 0 Å². The molecule has 1 heterocycles. The first-order chi connectivity index (χ1) is 7.83. The van der Waals surface area contributed by atoms with Gasteiger partial charge in [-0.1, -0.05) is 27.7 Å². The molecule has 1 saturated heterocycles. The fourth-order valence-corrected chi connectivity index (χ4v) is 3.53. The summed E-state index contributed by atoms with van der Waals surface area (Å²) < 4.78 is 0. The van der Waals surface area contributed by atoms with Crippen molar-refractivity contribution < 1.29 is 14.4 Å². The first-order valence-corrected chi connectivity index (χ1v) is 6.00. The molecule has 6 heteroatoms. The van der Waals surface area contributed by atoms with E-state index in [1.807, 2.05) is 13.8 Å². The Morgan fingerprint density at radius 1 is 0.833 bits per heavy atom. The third-order valence-electron chi connectivity index (χ3n) is 5.05. The van der Waals surface area contributed by atoms with Gasteiger partial charge in [-0.2, -0.15) is 0 Å². The second-order valence-electron chi connectivity index (χ2n) is 5.40. The minimum atomic E-state index is -1.09. The monoisotopic (exact) mass is 261 g/mol. The van der Waals surface area contributed by atoms with Crippen LogP contribution < -0.4 is 10.6 Å². The molecule has 1 radical (unpaired) electrons. The SMILES string of the molecule is CC1C(C)C(C)C2(C(=O)NC(=O)NC2=O)C1C.[Na]. The zero-order valence-electron chi connectivity index (χ0n) is 11.5. The van der Waals surface area contributed by atoms with Crippen LogP contribution in [-0.2, 0) is 9.59 Å². The molecule has 4 atom stereocenters. The van der Waals surface area contributed by atoms with Crippen LogP contribution in [0.25, 0.3) is 0 Å². The van der Waals surface area contributed by atoms with Crippen LogP contribution in [0.2, 0.25) is 0 Å². The summed E-state index contributed by atoms with van der Waals surface area (Å²) in [4.78, 5) is 35.5. The number of imide groups is 2. The van der Waals surface area contributed by atoms with E-state index in [2.05, 4.69) is 24.5 Å². The molecule has 1 spiro atoms. The molecular formula is C12H18N2NaO3. The van der Waals surface area contributed by atoms with Crippen molar-refractivity contribution >= 4 is 47.4 Å². The Morgan fingerprint density at radius 3 is 1.50 bits per heavy atom. The third kappa shape index (κ3) is 1.75. The summed E-state index contributed by atoms with van der Waals surface area (Å²) >= 11 is 0. The Hall–Kier alpha value is -0.390. The summed E-state index contributed by atoms with van der Waals surface area (Å²) in [7, 11) is 0. The Kier molecular flexibility index (Phi) is 4.30. The first-order valence-electron chi connectivity index (χ1n) is 6.00. The standard InChI is InChI=1S/C12H18N2O3.Na/c1-5-6(2)8(4)12(7(5)3)9(15)13-11(17)14-10(12)16;/h5-8H,1-4H3,(H2,13,14,15,16,17);. The number of hydrogen-bond donors (Lipinski definition) is 2. The van der Waals surface area contributed by atoms with E-state index >= 15 is 0 Å². The predicted molar refractivity (Wildman–Crippen MR) is 66.5 cm³/mol. The van der Waals surface area contributed by atoms with Gasteiger partial charge in [-0.05, 0) is 23.7 Å². The zero-order chi connectivity index (χ0) is 13.0. The maximum absolute atomic E-state index is 12.2. The van der Waals surface area contributed by atoms with Crippen molar-refractivity contribution in [2.24, 2.45) is 29.1 Å². The average molecular weight is 261 g/mol. The topological polar surface area (TPSA) is 75.3 Å². The molecule has 95 valence electrons. The maximum Gasteiger partial charge on any atom is 0.328 e. The van der Waals surface area contributed by atoms with Crippen LogP contribution in [0.4, 0.5) is 4.79 Å².